The van der Waals surface area contributed by atoms with Crippen molar-refractivity contribution in [3.63, 3.8) is 0 Å². The molecule has 1 heterocycles. The Morgan fingerprint density at radius 1 is 1.53 bits per heavy atom. The van der Waals surface area contributed by atoms with E-state index in [0.29, 0.717) is 6.16 Å². The van der Waals surface area contributed by atoms with E-state index in [4.69, 9.17) is 0 Å². The molecule has 4 heteroatoms. The number of hydrogen-bond acceptors (Lipinski definition) is 2. The Morgan fingerprint density at radius 3 is 2.53 bits per heavy atom. The van der Waals surface area contributed by atoms with Gasteiger partial charge < -0.3 is 4.57 Å². The molecule has 0 bridgehead atoms. The zero-order chi connectivity index (χ0) is 11.6. The summed E-state index contributed by atoms with van der Waals surface area (Å²) >= 11 is 0. The van der Waals surface area contributed by atoms with Crippen molar-refractivity contribution in [2.24, 2.45) is 0 Å². The van der Waals surface area contributed by atoms with Gasteiger partial charge in [-0.3, -0.25) is 0 Å². The smallest absolute Gasteiger partial charge is 0.152 e. The van der Waals surface area contributed by atoms with E-state index in [0.717, 1.165) is 5.56 Å². The van der Waals surface area contributed by atoms with Crippen LogP contribution in [-0.4, -0.2) is 17.8 Å². The molecule has 0 fully saturated rings. The Kier molecular flexibility index (Phi) is 3.67. The van der Waals surface area contributed by atoms with Crippen LogP contribution in [0.25, 0.3) is 0 Å². The number of nitrogens with zero attached hydrogens (tertiary/aromatic N) is 1. The van der Waals surface area contributed by atoms with Crippen LogP contribution >= 0.6 is 7.14 Å². The molecule has 15 heavy (non-hydrogen) atoms. The molecular weight excluding hydrogens is 212 g/mol. The van der Waals surface area contributed by atoms with E-state index in [9.17, 15) is 8.96 Å². The van der Waals surface area contributed by atoms with Gasteiger partial charge in [-0.2, -0.15) is 0 Å². The molecule has 0 aliphatic heterocycles. The highest BCUT2D eigenvalue weighted by molar-refractivity contribution is 7.70. The third-order valence-electron chi connectivity index (χ3n) is 2.56. The second-order valence-corrected chi connectivity index (χ2v) is 7.40. The SMILES string of the molecule is CCP(C)(=O)c1ncc(C(C)C)cc1F. The Morgan fingerprint density at radius 2 is 2.13 bits per heavy atom. The van der Waals surface area contributed by atoms with Crippen molar-refractivity contribution in [2.45, 2.75) is 26.7 Å². The van der Waals surface area contributed by atoms with Crippen molar-refractivity contribution in [1.82, 2.24) is 4.98 Å². The summed E-state index contributed by atoms with van der Waals surface area (Å²) in [7, 11) is -2.60. The summed E-state index contributed by atoms with van der Waals surface area (Å²) in [5, 5.41) is 0. The fourth-order valence-corrected chi connectivity index (χ4v) is 2.38. The third kappa shape index (κ3) is 2.66. The maximum absolute atomic E-state index is 13.7. The first kappa shape index (κ1) is 12.4. The van der Waals surface area contributed by atoms with Crippen LogP contribution in [-0.2, 0) is 4.57 Å². The summed E-state index contributed by atoms with van der Waals surface area (Å²) in [6.07, 6.45) is 2.06. The van der Waals surface area contributed by atoms with Gasteiger partial charge in [0.1, 0.15) is 12.6 Å². The van der Waals surface area contributed by atoms with Gasteiger partial charge in [0.2, 0.25) is 0 Å². The molecule has 0 aliphatic carbocycles. The van der Waals surface area contributed by atoms with Crippen molar-refractivity contribution >= 4 is 12.6 Å². The average Bonchev–Trinajstić information content (AvgIpc) is 2.17. The first-order chi connectivity index (χ1) is 6.88. The molecule has 0 saturated carbocycles. The molecule has 0 saturated heterocycles. The van der Waals surface area contributed by atoms with Gasteiger partial charge in [-0.1, -0.05) is 20.8 Å². The van der Waals surface area contributed by atoms with E-state index in [1.807, 2.05) is 13.8 Å². The van der Waals surface area contributed by atoms with Crippen molar-refractivity contribution < 1.29 is 8.96 Å². The van der Waals surface area contributed by atoms with E-state index in [1.54, 1.807) is 19.8 Å². The van der Waals surface area contributed by atoms with E-state index >= 15 is 0 Å². The molecule has 2 nitrogen and oxygen atoms in total. The zero-order valence-corrected chi connectivity index (χ0v) is 10.5. The normalized spacial score (nSPS) is 15.3. The molecule has 1 aromatic rings. The fourth-order valence-electron chi connectivity index (χ4n) is 1.26. The van der Waals surface area contributed by atoms with Crippen LogP contribution in [0.3, 0.4) is 0 Å². The van der Waals surface area contributed by atoms with Gasteiger partial charge in [0.15, 0.2) is 5.82 Å². The highest BCUT2D eigenvalue weighted by Gasteiger charge is 2.22. The summed E-state index contributed by atoms with van der Waals surface area (Å²) in [6.45, 7) is 7.31. The molecule has 1 rings (SSSR count). The molecule has 1 atom stereocenters. The lowest BCUT2D eigenvalue weighted by Crippen LogP contribution is -2.16. The van der Waals surface area contributed by atoms with E-state index in [1.165, 1.54) is 6.07 Å². The van der Waals surface area contributed by atoms with Gasteiger partial charge in [-0.05, 0) is 24.2 Å². The maximum atomic E-state index is 13.7. The molecule has 0 N–H and O–H groups in total. The van der Waals surface area contributed by atoms with Crippen LogP contribution in [0.15, 0.2) is 12.3 Å². The van der Waals surface area contributed by atoms with Crippen LogP contribution in [0.4, 0.5) is 4.39 Å². The molecule has 84 valence electrons. The van der Waals surface area contributed by atoms with Crippen LogP contribution < -0.4 is 5.44 Å². The standard InChI is InChI=1S/C11H17FNOP/c1-5-15(4,14)11-10(12)6-9(7-13-11)8(2)3/h6-8H,5H2,1-4H3. The maximum Gasteiger partial charge on any atom is 0.152 e. The van der Waals surface area contributed by atoms with Gasteiger partial charge in [0, 0.05) is 12.4 Å². The van der Waals surface area contributed by atoms with E-state index in [2.05, 4.69) is 4.98 Å². The van der Waals surface area contributed by atoms with Gasteiger partial charge in [0.25, 0.3) is 0 Å². The monoisotopic (exact) mass is 229 g/mol. The minimum atomic E-state index is -2.60. The summed E-state index contributed by atoms with van der Waals surface area (Å²) in [6, 6.07) is 1.44. The van der Waals surface area contributed by atoms with Gasteiger partial charge in [-0.25, -0.2) is 9.37 Å². The third-order valence-corrected chi connectivity index (χ3v) is 4.99. The fraction of sp³-hybridized carbons (Fsp3) is 0.545. The highest BCUT2D eigenvalue weighted by atomic mass is 31.2. The van der Waals surface area contributed by atoms with Crippen molar-refractivity contribution in [1.29, 1.82) is 0 Å². The Hall–Kier alpha value is -0.690. The first-order valence-corrected chi connectivity index (χ1v) is 7.45. The number of pyridine rings is 1. The lowest BCUT2D eigenvalue weighted by atomic mass is 10.1. The molecular formula is C11H17FNOP. The van der Waals surface area contributed by atoms with Crippen LogP contribution in [0.2, 0.25) is 0 Å². The molecule has 0 radical (unpaired) electrons. The first-order valence-electron chi connectivity index (χ1n) is 5.11. The second-order valence-electron chi connectivity index (χ2n) is 4.15. The van der Waals surface area contributed by atoms with E-state index in [-0.39, 0.29) is 11.4 Å². The molecule has 0 aromatic carbocycles. The zero-order valence-electron chi connectivity index (χ0n) is 9.62. The van der Waals surface area contributed by atoms with Crippen LogP contribution in [0.5, 0.6) is 0 Å². The summed E-state index contributed by atoms with van der Waals surface area (Å²) in [5.74, 6) is -0.201. The van der Waals surface area contributed by atoms with Gasteiger partial charge >= 0.3 is 0 Å². The quantitative estimate of drug-likeness (QED) is 0.746. The molecule has 0 spiro atoms. The van der Waals surface area contributed by atoms with Crippen LogP contribution in [0, 0.1) is 5.82 Å². The van der Waals surface area contributed by atoms with Gasteiger partial charge in [0.05, 0.1) is 0 Å². The number of halogens is 1. The predicted molar refractivity (Wildman–Crippen MR) is 62.0 cm³/mol. The number of aromatic nitrogens is 1. The predicted octanol–water partition coefficient (Wildman–Crippen LogP) is 2.98. The molecule has 1 aromatic heterocycles. The average molecular weight is 229 g/mol. The van der Waals surface area contributed by atoms with E-state index < -0.39 is 13.0 Å². The minimum Gasteiger partial charge on any atom is -0.317 e. The molecule has 0 aliphatic rings. The van der Waals surface area contributed by atoms with Gasteiger partial charge in [-0.15, -0.1) is 0 Å². The Balaban J connectivity index is 3.20. The minimum absolute atomic E-state index is 0.134. The number of hydrogen-bond donors (Lipinski definition) is 0. The van der Waals surface area contributed by atoms with Crippen molar-refractivity contribution in [2.75, 3.05) is 12.8 Å². The second kappa shape index (κ2) is 4.44. The molecule has 0 amide bonds. The largest absolute Gasteiger partial charge is 0.317 e. The van der Waals surface area contributed by atoms with Crippen LogP contribution in [0.1, 0.15) is 32.3 Å². The topological polar surface area (TPSA) is 30.0 Å². The summed E-state index contributed by atoms with van der Waals surface area (Å²) < 4.78 is 25.6. The lowest BCUT2D eigenvalue weighted by molar-refractivity contribution is 0.579. The highest BCUT2D eigenvalue weighted by Crippen LogP contribution is 2.39. The lowest BCUT2D eigenvalue weighted by Gasteiger charge is -2.12. The summed E-state index contributed by atoms with van der Waals surface area (Å²) in [4.78, 5) is 4.00. The number of rotatable bonds is 3. The summed E-state index contributed by atoms with van der Waals surface area (Å²) in [5.41, 5.74) is 0.974. The molecule has 1 unspecified atom stereocenters. The Labute approximate surface area is 90.3 Å². The Bertz CT molecular complexity index is 404. The van der Waals surface area contributed by atoms with Crippen molar-refractivity contribution in [3.05, 3.63) is 23.6 Å². The van der Waals surface area contributed by atoms with Crippen molar-refractivity contribution in [3.8, 4) is 0 Å².